The van der Waals surface area contributed by atoms with Gasteiger partial charge in [-0.05, 0) is 38.2 Å². The summed E-state index contributed by atoms with van der Waals surface area (Å²) in [4.78, 5) is 24.1. The fourth-order valence-corrected chi connectivity index (χ4v) is 3.44. The van der Waals surface area contributed by atoms with E-state index in [1.54, 1.807) is 6.92 Å². The van der Waals surface area contributed by atoms with Gasteiger partial charge in [0.15, 0.2) is 0 Å². The quantitative estimate of drug-likeness (QED) is 0.779. The van der Waals surface area contributed by atoms with Gasteiger partial charge in [0, 0.05) is 10.9 Å². The maximum Gasteiger partial charge on any atom is 0.338 e. The van der Waals surface area contributed by atoms with Gasteiger partial charge in [-0.15, -0.1) is 11.3 Å². The van der Waals surface area contributed by atoms with Crippen LogP contribution in [-0.4, -0.2) is 23.1 Å². The van der Waals surface area contributed by atoms with Crippen LogP contribution in [0.15, 0.2) is 0 Å². The number of hydrogen-bond acceptors (Lipinski definition) is 3. The summed E-state index contributed by atoms with van der Waals surface area (Å²) in [6.45, 7) is 5.75. The van der Waals surface area contributed by atoms with Gasteiger partial charge in [-0.3, -0.25) is 5.32 Å². The molecule has 1 aliphatic carbocycles. The summed E-state index contributed by atoms with van der Waals surface area (Å²) in [5.74, 6) is -0.422. The number of thiophene rings is 1. The summed E-state index contributed by atoms with van der Waals surface area (Å²) in [6.07, 6.45) is 3.27. The van der Waals surface area contributed by atoms with Gasteiger partial charge in [-0.2, -0.15) is 0 Å². The van der Waals surface area contributed by atoms with E-state index in [1.165, 1.54) is 11.3 Å². The lowest BCUT2D eigenvalue weighted by atomic mass is 10.1. The van der Waals surface area contributed by atoms with Crippen molar-refractivity contribution in [2.45, 2.75) is 46.1 Å². The molecule has 1 aromatic heterocycles. The summed E-state index contributed by atoms with van der Waals surface area (Å²) < 4.78 is 0. The average molecular weight is 296 g/mol. The first-order valence-corrected chi connectivity index (χ1v) is 7.66. The second-order valence-electron chi connectivity index (χ2n) is 5.28. The van der Waals surface area contributed by atoms with E-state index < -0.39 is 5.97 Å². The van der Waals surface area contributed by atoms with Crippen molar-refractivity contribution >= 4 is 28.3 Å². The molecule has 0 bridgehead atoms. The lowest BCUT2D eigenvalue weighted by Crippen LogP contribution is -2.31. The molecule has 1 fully saturated rings. The van der Waals surface area contributed by atoms with Crippen LogP contribution in [0, 0.1) is 19.8 Å². The van der Waals surface area contributed by atoms with Crippen molar-refractivity contribution in [3.63, 3.8) is 0 Å². The number of carboxylic acids is 1. The van der Waals surface area contributed by atoms with E-state index in [2.05, 4.69) is 17.6 Å². The maximum absolute atomic E-state index is 11.9. The molecule has 2 amide bonds. The van der Waals surface area contributed by atoms with E-state index in [1.807, 2.05) is 6.92 Å². The molecule has 2 rings (SSSR count). The number of carbonyl (C=O) groups excluding carboxylic acids is 1. The number of nitrogens with one attached hydrogen (secondary N) is 2. The number of amides is 2. The minimum absolute atomic E-state index is 0.198. The van der Waals surface area contributed by atoms with Crippen LogP contribution in [0.1, 0.15) is 47.0 Å². The summed E-state index contributed by atoms with van der Waals surface area (Å²) in [6, 6.07) is -0.0669. The summed E-state index contributed by atoms with van der Waals surface area (Å²) in [5, 5.41) is 15.2. The molecule has 1 aliphatic rings. The molecule has 5 nitrogen and oxygen atoms in total. The summed E-state index contributed by atoms with van der Waals surface area (Å²) in [5.41, 5.74) is 0.914. The Labute approximate surface area is 122 Å². The zero-order valence-electron chi connectivity index (χ0n) is 11.9. The molecule has 1 heterocycles. The van der Waals surface area contributed by atoms with E-state index in [4.69, 9.17) is 0 Å². The molecule has 1 saturated carbocycles. The van der Waals surface area contributed by atoms with E-state index in [0.717, 1.165) is 24.1 Å². The minimum atomic E-state index is -1.00. The Kier molecular flexibility index (Phi) is 4.32. The van der Waals surface area contributed by atoms with Gasteiger partial charge >= 0.3 is 12.0 Å². The maximum atomic E-state index is 11.9. The van der Waals surface area contributed by atoms with Gasteiger partial charge in [0.1, 0.15) is 5.00 Å². The molecule has 0 spiro atoms. The monoisotopic (exact) mass is 296 g/mol. The van der Waals surface area contributed by atoms with Gasteiger partial charge < -0.3 is 10.4 Å². The van der Waals surface area contributed by atoms with Gasteiger partial charge in [-0.25, -0.2) is 9.59 Å². The first kappa shape index (κ1) is 14.8. The van der Waals surface area contributed by atoms with Crippen molar-refractivity contribution in [1.29, 1.82) is 0 Å². The Morgan fingerprint density at radius 1 is 1.40 bits per heavy atom. The molecule has 20 heavy (non-hydrogen) atoms. The fourth-order valence-electron chi connectivity index (χ4n) is 2.39. The van der Waals surface area contributed by atoms with Crippen LogP contribution >= 0.6 is 11.3 Å². The fraction of sp³-hybridized carbons (Fsp3) is 0.571. The normalized spacial score (nSPS) is 20.6. The predicted octanol–water partition coefficient (Wildman–Crippen LogP) is 3.37. The Morgan fingerprint density at radius 3 is 2.70 bits per heavy atom. The lowest BCUT2D eigenvalue weighted by Gasteiger charge is -2.06. The first-order chi connectivity index (χ1) is 9.43. The molecule has 0 radical (unpaired) electrons. The van der Waals surface area contributed by atoms with E-state index >= 15 is 0 Å². The Morgan fingerprint density at radius 2 is 2.10 bits per heavy atom. The minimum Gasteiger partial charge on any atom is -0.478 e. The van der Waals surface area contributed by atoms with Gasteiger partial charge in [0.05, 0.1) is 5.56 Å². The largest absolute Gasteiger partial charge is 0.478 e. The third-order valence-corrected chi connectivity index (χ3v) is 4.85. The van der Waals surface area contributed by atoms with Crippen molar-refractivity contribution in [1.82, 2.24) is 5.32 Å². The van der Waals surface area contributed by atoms with Gasteiger partial charge in [0.2, 0.25) is 0 Å². The van der Waals surface area contributed by atoms with Crippen molar-refractivity contribution < 1.29 is 14.7 Å². The van der Waals surface area contributed by atoms with Crippen LogP contribution in [0.25, 0.3) is 0 Å². The third-order valence-electron chi connectivity index (χ3n) is 3.72. The first-order valence-electron chi connectivity index (χ1n) is 6.84. The molecule has 0 aliphatic heterocycles. The van der Waals surface area contributed by atoms with Crippen molar-refractivity contribution in [2.24, 2.45) is 5.92 Å². The Balaban J connectivity index is 1.98. The molecule has 0 saturated heterocycles. The molecule has 1 aromatic rings. The number of carbonyl (C=O) groups is 2. The highest BCUT2D eigenvalue weighted by molar-refractivity contribution is 7.16. The van der Waals surface area contributed by atoms with Gasteiger partial charge in [0.25, 0.3) is 0 Å². The molecule has 0 aromatic carbocycles. The molecule has 6 heteroatoms. The Hall–Kier alpha value is -1.56. The number of hydrogen-bond donors (Lipinski definition) is 3. The van der Waals surface area contributed by atoms with Crippen molar-refractivity contribution in [3.8, 4) is 0 Å². The average Bonchev–Trinajstić information content (AvgIpc) is 2.99. The highest BCUT2D eigenvalue weighted by Crippen LogP contribution is 2.35. The number of aromatic carboxylic acids is 1. The molecular weight excluding hydrogens is 276 g/mol. The van der Waals surface area contributed by atoms with E-state index in [-0.39, 0.29) is 17.6 Å². The van der Waals surface area contributed by atoms with Crippen LogP contribution < -0.4 is 10.6 Å². The van der Waals surface area contributed by atoms with Crippen LogP contribution in [0.2, 0.25) is 0 Å². The lowest BCUT2D eigenvalue weighted by molar-refractivity contribution is 0.0697. The smallest absolute Gasteiger partial charge is 0.338 e. The highest BCUT2D eigenvalue weighted by atomic mass is 32.1. The van der Waals surface area contributed by atoms with Crippen LogP contribution in [0.4, 0.5) is 9.80 Å². The van der Waals surface area contributed by atoms with Crippen LogP contribution in [0.3, 0.4) is 0 Å². The zero-order chi connectivity index (χ0) is 14.9. The number of anilines is 1. The second kappa shape index (κ2) is 5.83. The van der Waals surface area contributed by atoms with E-state index in [0.29, 0.717) is 16.5 Å². The van der Waals surface area contributed by atoms with Gasteiger partial charge in [-0.1, -0.05) is 13.3 Å². The van der Waals surface area contributed by atoms with Crippen LogP contribution in [0.5, 0.6) is 0 Å². The van der Waals surface area contributed by atoms with E-state index in [9.17, 15) is 14.7 Å². The Bertz CT molecular complexity index is 539. The molecule has 110 valence electrons. The topological polar surface area (TPSA) is 78.4 Å². The summed E-state index contributed by atoms with van der Waals surface area (Å²) >= 11 is 1.30. The molecule has 3 N–H and O–H groups in total. The van der Waals surface area contributed by atoms with Crippen molar-refractivity contribution in [3.05, 3.63) is 16.0 Å². The third kappa shape index (κ3) is 3.12. The zero-order valence-corrected chi connectivity index (χ0v) is 12.8. The standard InChI is InChI=1S/C14H20N2O3S/c1-4-5-9-6-10(9)15-14(19)16-12-11(13(17)18)7(2)8(3)20-12/h9-10H,4-6H2,1-3H3,(H,17,18)(H2,15,16,19). The molecular formula is C14H20N2O3S. The molecule has 2 atom stereocenters. The van der Waals surface area contributed by atoms with Crippen molar-refractivity contribution in [2.75, 3.05) is 5.32 Å². The summed E-state index contributed by atoms with van der Waals surface area (Å²) in [7, 11) is 0. The highest BCUT2D eigenvalue weighted by Gasteiger charge is 2.37. The predicted molar refractivity (Wildman–Crippen MR) is 79.7 cm³/mol. The number of carboxylic acid groups (broad SMARTS) is 1. The second-order valence-corrected chi connectivity index (χ2v) is 6.51. The number of rotatable bonds is 5. The number of urea groups is 1. The molecule has 2 unspecified atom stereocenters. The van der Waals surface area contributed by atoms with Crippen LogP contribution in [-0.2, 0) is 0 Å². The SMILES string of the molecule is CCCC1CC1NC(=O)Nc1sc(C)c(C)c1C(=O)O. The number of aryl methyl sites for hydroxylation is 1.